The Morgan fingerprint density at radius 1 is 0.926 bits per heavy atom. The number of carbonyl (C=O) groups is 2. The average Bonchev–Trinajstić information content (AvgIpc) is 2.73. The van der Waals surface area contributed by atoms with Crippen molar-refractivity contribution in [2.24, 2.45) is 5.92 Å². The van der Waals surface area contributed by atoms with E-state index in [1.54, 1.807) is 4.90 Å². The highest BCUT2D eigenvalue weighted by molar-refractivity contribution is 7.89. The van der Waals surface area contributed by atoms with E-state index in [0.29, 0.717) is 37.1 Å². The predicted molar refractivity (Wildman–Crippen MR) is 102 cm³/mol. The molecule has 27 heavy (non-hydrogen) atoms. The van der Waals surface area contributed by atoms with Gasteiger partial charge in [-0.3, -0.25) is 9.59 Å². The lowest BCUT2D eigenvalue weighted by Crippen LogP contribution is -2.40. The summed E-state index contributed by atoms with van der Waals surface area (Å²) in [5.74, 6) is -0.0852. The molecule has 142 valence electrons. The summed E-state index contributed by atoms with van der Waals surface area (Å²) in [4.78, 5) is 27.0. The van der Waals surface area contributed by atoms with Crippen molar-refractivity contribution in [1.82, 2.24) is 9.62 Å². The zero-order chi connectivity index (χ0) is 19.4. The van der Waals surface area contributed by atoms with E-state index in [1.807, 2.05) is 30.3 Å². The lowest BCUT2D eigenvalue weighted by Gasteiger charge is -2.31. The summed E-state index contributed by atoms with van der Waals surface area (Å²) >= 11 is 0. The molecule has 0 aliphatic carbocycles. The Bertz CT molecular complexity index is 916. The molecule has 0 spiro atoms. The van der Waals surface area contributed by atoms with Crippen LogP contribution in [0.3, 0.4) is 0 Å². The van der Waals surface area contributed by atoms with Crippen molar-refractivity contribution in [3.05, 3.63) is 65.7 Å². The van der Waals surface area contributed by atoms with Gasteiger partial charge in [0.25, 0.3) is 5.91 Å². The number of nitrogens with one attached hydrogen (secondary N) is 1. The standard InChI is InChI=1S/C20H22N2O4S/c1-21-27(25,26)18-9-7-17(8-10-18)20(24)22-13-11-16(12-14-22)19(23)15-5-3-2-4-6-15/h2-10,16,21H,11-14H2,1H3. The lowest BCUT2D eigenvalue weighted by molar-refractivity contribution is 0.0650. The molecule has 1 N–H and O–H groups in total. The van der Waals surface area contributed by atoms with E-state index in [2.05, 4.69) is 4.72 Å². The first-order chi connectivity index (χ1) is 12.9. The highest BCUT2D eigenvalue weighted by Gasteiger charge is 2.28. The maximum absolute atomic E-state index is 12.7. The molecule has 2 aromatic rings. The zero-order valence-corrected chi connectivity index (χ0v) is 15.9. The molecule has 1 amide bonds. The molecule has 0 aromatic heterocycles. The van der Waals surface area contributed by atoms with Gasteiger partial charge in [0.05, 0.1) is 4.90 Å². The number of hydrogen-bond donors (Lipinski definition) is 1. The topological polar surface area (TPSA) is 83.6 Å². The van der Waals surface area contributed by atoms with E-state index in [4.69, 9.17) is 0 Å². The highest BCUT2D eigenvalue weighted by Crippen LogP contribution is 2.23. The van der Waals surface area contributed by atoms with Crippen molar-refractivity contribution in [3.63, 3.8) is 0 Å². The maximum atomic E-state index is 12.7. The fraction of sp³-hybridized carbons (Fsp3) is 0.300. The second-order valence-corrected chi connectivity index (χ2v) is 8.42. The van der Waals surface area contributed by atoms with E-state index in [0.717, 1.165) is 0 Å². The number of likely N-dealkylation sites (tertiary alicyclic amines) is 1. The molecule has 1 fully saturated rings. The normalized spacial score (nSPS) is 15.5. The average molecular weight is 386 g/mol. The molecule has 1 heterocycles. The molecule has 1 aliphatic heterocycles. The van der Waals surface area contributed by atoms with Crippen LogP contribution in [0.15, 0.2) is 59.5 Å². The van der Waals surface area contributed by atoms with E-state index in [9.17, 15) is 18.0 Å². The van der Waals surface area contributed by atoms with E-state index >= 15 is 0 Å². The third-order valence-corrected chi connectivity index (χ3v) is 6.32. The fourth-order valence-corrected chi connectivity index (χ4v) is 3.99. The van der Waals surface area contributed by atoms with Gasteiger partial charge in [-0.2, -0.15) is 0 Å². The number of sulfonamides is 1. The molecular formula is C20H22N2O4S. The molecule has 6 nitrogen and oxygen atoms in total. The van der Waals surface area contributed by atoms with Crippen LogP contribution >= 0.6 is 0 Å². The van der Waals surface area contributed by atoms with Crippen molar-refractivity contribution in [3.8, 4) is 0 Å². The summed E-state index contributed by atoms with van der Waals surface area (Å²) in [5, 5.41) is 0. The summed E-state index contributed by atoms with van der Waals surface area (Å²) in [5.41, 5.74) is 1.15. The second kappa shape index (κ2) is 8.02. The summed E-state index contributed by atoms with van der Waals surface area (Å²) in [6, 6.07) is 15.1. The van der Waals surface area contributed by atoms with E-state index < -0.39 is 10.0 Å². The molecule has 0 unspecified atom stereocenters. The van der Waals surface area contributed by atoms with Crippen LogP contribution in [-0.4, -0.2) is 45.1 Å². The van der Waals surface area contributed by atoms with Crippen LogP contribution in [0.1, 0.15) is 33.6 Å². The van der Waals surface area contributed by atoms with Gasteiger partial charge in [-0.15, -0.1) is 0 Å². The molecule has 2 aromatic carbocycles. The molecule has 7 heteroatoms. The number of hydrogen-bond acceptors (Lipinski definition) is 4. The van der Waals surface area contributed by atoms with Crippen molar-refractivity contribution in [1.29, 1.82) is 0 Å². The smallest absolute Gasteiger partial charge is 0.253 e. The van der Waals surface area contributed by atoms with Crippen molar-refractivity contribution in [2.45, 2.75) is 17.7 Å². The van der Waals surface area contributed by atoms with Gasteiger partial charge in [0.2, 0.25) is 10.0 Å². The number of amides is 1. The first-order valence-corrected chi connectivity index (χ1v) is 10.3. The third-order valence-electron chi connectivity index (χ3n) is 4.89. The first-order valence-electron chi connectivity index (χ1n) is 8.84. The Labute approximate surface area is 159 Å². The summed E-state index contributed by atoms with van der Waals surface area (Å²) in [6.45, 7) is 1.03. The van der Waals surface area contributed by atoms with Gasteiger partial charge in [-0.25, -0.2) is 13.1 Å². The van der Waals surface area contributed by atoms with Crippen LogP contribution in [0, 0.1) is 5.92 Å². The highest BCUT2D eigenvalue weighted by atomic mass is 32.2. The zero-order valence-electron chi connectivity index (χ0n) is 15.1. The van der Waals surface area contributed by atoms with Crippen LogP contribution < -0.4 is 4.72 Å². The number of carbonyl (C=O) groups excluding carboxylic acids is 2. The quantitative estimate of drug-likeness (QED) is 0.800. The van der Waals surface area contributed by atoms with Gasteiger partial charge in [0.15, 0.2) is 5.78 Å². The molecule has 0 radical (unpaired) electrons. The minimum absolute atomic E-state index is 0.0698. The number of nitrogens with zero attached hydrogens (tertiary/aromatic N) is 1. The van der Waals surface area contributed by atoms with Crippen LogP contribution in [0.2, 0.25) is 0 Å². The molecular weight excluding hydrogens is 364 g/mol. The van der Waals surface area contributed by atoms with Crippen LogP contribution in [0.4, 0.5) is 0 Å². The van der Waals surface area contributed by atoms with E-state index in [-0.39, 0.29) is 22.5 Å². The Kier molecular flexibility index (Phi) is 5.72. The monoisotopic (exact) mass is 386 g/mol. The Morgan fingerprint density at radius 3 is 2.07 bits per heavy atom. The maximum Gasteiger partial charge on any atom is 0.253 e. The number of benzene rings is 2. The number of Topliss-reactive ketones (excluding diaryl/α,β-unsaturated/α-hetero) is 1. The van der Waals surface area contributed by atoms with Crippen LogP contribution in [0.25, 0.3) is 0 Å². The van der Waals surface area contributed by atoms with Crippen molar-refractivity contribution in [2.75, 3.05) is 20.1 Å². The second-order valence-electron chi connectivity index (χ2n) is 6.53. The van der Waals surface area contributed by atoms with Crippen LogP contribution in [0.5, 0.6) is 0 Å². The first kappa shape index (κ1) is 19.3. The largest absolute Gasteiger partial charge is 0.339 e. The fourth-order valence-electron chi connectivity index (χ4n) is 3.26. The van der Waals surface area contributed by atoms with Gasteiger partial charge < -0.3 is 4.90 Å². The Balaban J connectivity index is 1.62. The minimum atomic E-state index is -3.52. The van der Waals surface area contributed by atoms with Gasteiger partial charge in [0.1, 0.15) is 0 Å². The number of piperidine rings is 1. The van der Waals surface area contributed by atoms with Gasteiger partial charge in [-0.05, 0) is 44.2 Å². The van der Waals surface area contributed by atoms with Crippen LogP contribution in [-0.2, 0) is 10.0 Å². The lowest BCUT2D eigenvalue weighted by atomic mass is 9.88. The number of ketones is 1. The third kappa shape index (κ3) is 4.26. The van der Waals surface area contributed by atoms with Gasteiger partial charge in [0, 0.05) is 30.1 Å². The van der Waals surface area contributed by atoms with Gasteiger partial charge in [-0.1, -0.05) is 30.3 Å². The molecule has 3 rings (SSSR count). The molecule has 0 atom stereocenters. The predicted octanol–water partition coefficient (Wildman–Crippen LogP) is 2.33. The number of rotatable bonds is 5. The SMILES string of the molecule is CNS(=O)(=O)c1ccc(C(=O)N2CCC(C(=O)c3ccccc3)CC2)cc1. The summed E-state index contributed by atoms with van der Waals surface area (Å²) in [7, 11) is -2.18. The van der Waals surface area contributed by atoms with Gasteiger partial charge >= 0.3 is 0 Å². The molecule has 1 aliphatic rings. The minimum Gasteiger partial charge on any atom is -0.339 e. The van der Waals surface area contributed by atoms with Crippen molar-refractivity contribution < 1.29 is 18.0 Å². The Morgan fingerprint density at radius 2 is 1.52 bits per heavy atom. The molecule has 0 bridgehead atoms. The molecule has 1 saturated heterocycles. The summed E-state index contributed by atoms with van der Waals surface area (Å²) < 4.78 is 25.8. The van der Waals surface area contributed by atoms with E-state index in [1.165, 1.54) is 31.3 Å². The molecule has 0 saturated carbocycles. The summed E-state index contributed by atoms with van der Waals surface area (Å²) in [6.07, 6.45) is 1.26. The van der Waals surface area contributed by atoms with Crippen molar-refractivity contribution >= 4 is 21.7 Å². The Hall–Kier alpha value is -2.51.